The molecule has 8 heteroatoms. The molecule has 3 aromatic carbocycles. The zero-order chi connectivity index (χ0) is 25.1. The quantitative estimate of drug-likeness (QED) is 0.190. The van der Waals surface area contributed by atoms with Crippen LogP contribution in [0, 0.1) is 6.92 Å². The first-order chi connectivity index (χ1) is 17.6. The molecule has 0 spiro atoms. The number of benzene rings is 3. The van der Waals surface area contributed by atoms with Crippen molar-refractivity contribution in [2.75, 3.05) is 13.7 Å². The van der Waals surface area contributed by atoms with Crippen LogP contribution in [0.1, 0.15) is 18.4 Å². The van der Waals surface area contributed by atoms with E-state index in [0.29, 0.717) is 51.6 Å². The zero-order valence-corrected chi connectivity index (χ0v) is 21.0. The Kier molecular flexibility index (Phi) is 6.77. The number of hydrogen-bond acceptors (Lipinski definition) is 7. The summed E-state index contributed by atoms with van der Waals surface area (Å²) >= 11 is 1.45. The van der Waals surface area contributed by atoms with Gasteiger partial charge < -0.3 is 13.9 Å². The van der Waals surface area contributed by atoms with E-state index < -0.39 is 0 Å². The van der Waals surface area contributed by atoms with Crippen LogP contribution in [-0.2, 0) is 5.75 Å². The highest BCUT2D eigenvalue weighted by molar-refractivity contribution is 7.98. The first kappa shape index (κ1) is 23.7. The number of thioether (sulfide) groups is 1. The Morgan fingerprint density at radius 3 is 2.53 bits per heavy atom. The Morgan fingerprint density at radius 2 is 1.75 bits per heavy atom. The highest BCUT2D eigenvalue weighted by atomic mass is 32.2. The molecule has 0 aliphatic carbocycles. The summed E-state index contributed by atoms with van der Waals surface area (Å²) in [4.78, 5) is 22.9. The van der Waals surface area contributed by atoms with Crippen molar-refractivity contribution in [2.24, 2.45) is 0 Å². The molecule has 0 aliphatic heterocycles. The summed E-state index contributed by atoms with van der Waals surface area (Å²) in [6.07, 6.45) is 0. The summed E-state index contributed by atoms with van der Waals surface area (Å²) in [5.74, 6) is 2.98. The summed E-state index contributed by atoms with van der Waals surface area (Å²) in [6, 6.07) is 22.5. The van der Waals surface area contributed by atoms with Gasteiger partial charge in [0.2, 0.25) is 5.89 Å². The molecule has 182 valence electrons. The van der Waals surface area contributed by atoms with Gasteiger partial charge in [-0.05, 0) is 56.3 Å². The van der Waals surface area contributed by atoms with E-state index in [0.717, 1.165) is 16.9 Å². The molecular formula is C28H25N3O4S. The second-order valence-corrected chi connectivity index (χ2v) is 8.94. The minimum Gasteiger partial charge on any atom is -0.493 e. The van der Waals surface area contributed by atoms with E-state index >= 15 is 0 Å². The second-order valence-electron chi connectivity index (χ2n) is 8.00. The van der Waals surface area contributed by atoms with Crippen molar-refractivity contribution in [3.8, 4) is 28.6 Å². The van der Waals surface area contributed by atoms with E-state index in [2.05, 4.69) is 0 Å². The number of nitrogens with zero attached hydrogens (tertiary/aromatic N) is 3. The maximum absolute atomic E-state index is 13.4. The van der Waals surface area contributed by atoms with Crippen LogP contribution in [0.25, 0.3) is 28.0 Å². The number of ether oxygens (including phenoxy) is 2. The van der Waals surface area contributed by atoms with Crippen LogP contribution in [0.3, 0.4) is 0 Å². The molecule has 0 amide bonds. The molecule has 7 nitrogen and oxygen atoms in total. The molecule has 2 aromatic heterocycles. The Balaban J connectivity index is 1.48. The Hall–Kier alpha value is -4.04. The lowest BCUT2D eigenvalue weighted by atomic mass is 10.2. The van der Waals surface area contributed by atoms with Gasteiger partial charge in [0.1, 0.15) is 5.76 Å². The maximum Gasteiger partial charge on any atom is 0.266 e. The van der Waals surface area contributed by atoms with Crippen LogP contribution in [0.4, 0.5) is 0 Å². The Morgan fingerprint density at radius 1 is 0.972 bits per heavy atom. The third-order valence-corrected chi connectivity index (χ3v) is 6.65. The van der Waals surface area contributed by atoms with Gasteiger partial charge in [-0.3, -0.25) is 9.36 Å². The van der Waals surface area contributed by atoms with Gasteiger partial charge in [0, 0.05) is 11.3 Å². The number of oxazole rings is 1. The number of rotatable bonds is 8. The third-order valence-electron chi connectivity index (χ3n) is 5.70. The highest BCUT2D eigenvalue weighted by Crippen LogP contribution is 2.34. The van der Waals surface area contributed by atoms with Crippen LogP contribution >= 0.6 is 11.8 Å². The predicted octanol–water partition coefficient (Wildman–Crippen LogP) is 6.05. The molecule has 0 saturated heterocycles. The van der Waals surface area contributed by atoms with Crippen molar-refractivity contribution < 1.29 is 13.9 Å². The van der Waals surface area contributed by atoms with Crippen molar-refractivity contribution >= 4 is 22.7 Å². The molecule has 0 radical (unpaired) electrons. The molecule has 5 aromatic rings. The van der Waals surface area contributed by atoms with Crippen molar-refractivity contribution in [2.45, 2.75) is 24.8 Å². The lowest BCUT2D eigenvalue weighted by molar-refractivity contribution is 0.311. The molecule has 5 rings (SSSR count). The Bertz CT molecular complexity index is 1580. The zero-order valence-electron chi connectivity index (χ0n) is 20.2. The van der Waals surface area contributed by atoms with Crippen LogP contribution < -0.4 is 15.0 Å². The van der Waals surface area contributed by atoms with Crippen LogP contribution in [0.5, 0.6) is 11.5 Å². The van der Waals surface area contributed by atoms with Gasteiger partial charge in [-0.25, -0.2) is 9.97 Å². The molecule has 0 saturated carbocycles. The molecular weight excluding hydrogens is 474 g/mol. The van der Waals surface area contributed by atoms with Gasteiger partial charge in [0.25, 0.3) is 5.56 Å². The van der Waals surface area contributed by atoms with Gasteiger partial charge >= 0.3 is 0 Å². The fourth-order valence-corrected chi connectivity index (χ4v) is 4.92. The number of fused-ring (bicyclic) bond motifs is 1. The van der Waals surface area contributed by atoms with Crippen molar-refractivity contribution in [1.82, 2.24) is 14.5 Å². The van der Waals surface area contributed by atoms with Gasteiger partial charge in [-0.15, -0.1) is 0 Å². The van der Waals surface area contributed by atoms with E-state index in [1.54, 1.807) is 17.7 Å². The van der Waals surface area contributed by atoms with Crippen LogP contribution in [0.2, 0.25) is 0 Å². The van der Waals surface area contributed by atoms with Gasteiger partial charge in [0.05, 0.1) is 36.0 Å². The third kappa shape index (κ3) is 4.59. The molecule has 0 atom stereocenters. The first-order valence-electron chi connectivity index (χ1n) is 11.6. The van der Waals surface area contributed by atoms with E-state index in [4.69, 9.17) is 23.9 Å². The minimum absolute atomic E-state index is 0.103. The lowest BCUT2D eigenvalue weighted by Gasteiger charge is -2.12. The average molecular weight is 500 g/mol. The SMILES string of the molecule is CCOc1ccc(-c2nc(CSc3nc4ccccc4c(=O)n3-c3ccccc3)c(C)o2)cc1OC. The van der Waals surface area contributed by atoms with E-state index in [-0.39, 0.29) is 5.56 Å². The molecule has 0 fully saturated rings. The largest absolute Gasteiger partial charge is 0.493 e. The molecule has 36 heavy (non-hydrogen) atoms. The van der Waals surface area contributed by atoms with Crippen LogP contribution in [-0.4, -0.2) is 28.3 Å². The summed E-state index contributed by atoms with van der Waals surface area (Å²) in [5.41, 5.74) is 2.90. The topological polar surface area (TPSA) is 79.4 Å². The molecule has 0 bridgehead atoms. The van der Waals surface area contributed by atoms with Crippen LogP contribution in [0.15, 0.2) is 87.2 Å². The molecule has 0 unspecified atom stereocenters. The fourth-order valence-electron chi connectivity index (χ4n) is 3.91. The normalized spacial score (nSPS) is 11.1. The second kappa shape index (κ2) is 10.3. The van der Waals surface area contributed by atoms with Crippen molar-refractivity contribution in [1.29, 1.82) is 0 Å². The molecule has 2 heterocycles. The minimum atomic E-state index is -0.103. The lowest BCUT2D eigenvalue weighted by Crippen LogP contribution is -2.21. The summed E-state index contributed by atoms with van der Waals surface area (Å²) in [7, 11) is 1.60. The van der Waals surface area contributed by atoms with E-state index in [9.17, 15) is 4.79 Å². The van der Waals surface area contributed by atoms with Gasteiger partial charge in [-0.1, -0.05) is 42.1 Å². The smallest absolute Gasteiger partial charge is 0.266 e. The fraction of sp³-hybridized carbons (Fsp3) is 0.179. The summed E-state index contributed by atoms with van der Waals surface area (Å²) < 4.78 is 18.7. The molecule has 0 N–H and O–H groups in total. The standard InChI is InChI=1S/C28H25N3O4S/c1-4-34-24-15-14-19(16-25(24)33-3)26-29-23(18(2)35-26)17-36-28-30-22-13-9-8-12-21(22)27(32)31(28)20-10-6-5-7-11-20/h5-16H,4,17H2,1-3H3. The van der Waals surface area contributed by atoms with Gasteiger partial charge in [0.15, 0.2) is 16.7 Å². The number of aryl methyl sites for hydroxylation is 1. The number of hydrogen-bond donors (Lipinski definition) is 0. The highest BCUT2D eigenvalue weighted by Gasteiger charge is 2.17. The van der Waals surface area contributed by atoms with Crippen molar-refractivity contribution in [3.63, 3.8) is 0 Å². The Labute approximate surface area is 212 Å². The number of methoxy groups -OCH3 is 1. The van der Waals surface area contributed by atoms with Crippen molar-refractivity contribution in [3.05, 3.63) is 94.6 Å². The summed E-state index contributed by atoms with van der Waals surface area (Å²) in [6.45, 7) is 4.36. The first-order valence-corrected chi connectivity index (χ1v) is 12.5. The molecule has 0 aliphatic rings. The average Bonchev–Trinajstić information content (AvgIpc) is 3.28. The number of aromatic nitrogens is 3. The predicted molar refractivity (Wildman–Crippen MR) is 141 cm³/mol. The van der Waals surface area contributed by atoms with E-state index in [1.807, 2.05) is 80.6 Å². The summed E-state index contributed by atoms with van der Waals surface area (Å²) in [5, 5.41) is 1.17. The van der Waals surface area contributed by atoms with Gasteiger partial charge in [-0.2, -0.15) is 0 Å². The van der Waals surface area contributed by atoms with E-state index in [1.165, 1.54) is 11.8 Å². The maximum atomic E-state index is 13.4. The number of para-hydroxylation sites is 2. The monoisotopic (exact) mass is 499 g/mol.